The zero-order valence-electron chi connectivity index (χ0n) is 8.75. The summed E-state index contributed by atoms with van der Waals surface area (Å²) in [5.41, 5.74) is 3.03. The highest BCUT2D eigenvalue weighted by molar-refractivity contribution is 5.80. The van der Waals surface area contributed by atoms with Crippen LogP contribution in [0.25, 0.3) is 0 Å². The molecule has 0 aromatic rings. The fourth-order valence-corrected chi connectivity index (χ4v) is 3.53. The van der Waals surface area contributed by atoms with Gasteiger partial charge in [-0.3, -0.25) is 4.79 Å². The van der Waals surface area contributed by atoms with Crippen LogP contribution in [0.5, 0.6) is 0 Å². The van der Waals surface area contributed by atoms with E-state index in [4.69, 9.17) is 0 Å². The van der Waals surface area contributed by atoms with E-state index in [1.165, 1.54) is 31.4 Å². The Kier molecular flexibility index (Phi) is 1.73. The second kappa shape index (κ2) is 2.85. The number of rotatable bonds is 0. The fourth-order valence-electron chi connectivity index (χ4n) is 3.53. The monoisotopic (exact) mass is 191 g/mol. The van der Waals surface area contributed by atoms with Crippen molar-refractivity contribution in [2.24, 2.45) is 11.8 Å². The normalized spacial score (nSPS) is 36.4. The molecular weight excluding hydrogens is 174 g/mol. The Bertz CT molecular complexity index is 318. The SMILES string of the molecule is CN1C(=O)CCC2=C1C1CCCCC21. The van der Waals surface area contributed by atoms with Gasteiger partial charge in [-0.15, -0.1) is 0 Å². The van der Waals surface area contributed by atoms with E-state index in [-0.39, 0.29) is 0 Å². The summed E-state index contributed by atoms with van der Waals surface area (Å²) < 4.78 is 0. The zero-order valence-corrected chi connectivity index (χ0v) is 8.75. The van der Waals surface area contributed by atoms with Crippen molar-refractivity contribution < 1.29 is 4.79 Å². The van der Waals surface area contributed by atoms with E-state index in [0.29, 0.717) is 5.91 Å². The van der Waals surface area contributed by atoms with Crippen LogP contribution in [0.15, 0.2) is 11.3 Å². The van der Waals surface area contributed by atoms with E-state index in [1.807, 2.05) is 11.9 Å². The average Bonchev–Trinajstić information content (AvgIpc) is 2.18. The van der Waals surface area contributed by atoms with Gasteiger partial charge in [0.1, 0.15) is 0 Å². The third-order valence-electron chi connectivity index (χ3n) is 4.24. The first-order chi connectivity index (χ1) is 6.79. The van der Waals surface area contributed by atoms with Crippen LogP contribution in [0.2, 0.25) is 0 Å². The molecule has 2 atom stereocenters. The third-order valence-corrected chi connectivity index (χ3v) is 4.24. The molecule has 2 unspecified atom stereocenters. The minimum absolute atomic E-state index is 0.327. The predicted octanol–water partition coefficient (Wildman–Crippen LogP) is 2.31. The van der Waals surface area contributed by atoms with Crippen molar-refractivity contribution in [3.8, 4) is 0 Å². The van der Waals surface area contributed by atoms with Gasteiger partial charge in [0.2, 0.25) is 5.91 Å². The molecule has 2 aliphatic carbocycles. The molecule has 1 aliphatic heterocycles. The van der Waals surface area contributed by atoms with Crippen molar-refractivity contribution in [2.45, 2.75) is 38.5 Å². The highest BCUT2D eigenvalue weighted by Crippen LogP contribution is 2.53. The van der Waals surface area contributed by atoms with E-state index >= 15 is 0 Å². The Balaban J connectivity index is 1.93. The summed E-state index contributed by atoms with van der Waals surface area (Å²) in [4.78, 5) is 13.5. The first kappa shape index (κ1) is 8.51. The number of amides is 1. The second-order valence-corrected chi connectivity index (χ2v) is 4.86. The topological polar surface area (TPSA) is 20.3 Å². The number of carbonyl (C=O) groups is 1. The Morgan fingerprint density at radius 2 is 1.86 bits per heavy atom. The second-order valence-electron chi connectivity index (χ2n) is 4.86. The first-order valence-electron chi connectivity index (χ1n) is 5.78. The summed E-state index contributed by atoms with van der Waals surface area (Å²) in [7, 11) is 1.96. The summed E-state index contributed by atoms with van der Waals surface area (Å²) in [6, 6.07) is 0. The molecule has 76 valence electrons. The van der Waals surface area contributed by atoms with Gasteiger partial charge in [-0.25, -0.2) is 0 Å². The molecule has 1 heterocycles. The van der Waals surface area contributed by atoms with E-state index in [1.54, 1.807) is 5.57 Å². The lowest BCUT2D eigenvalue weighted by molar-refractivity contribution is -0.130. The summed E-state index contributed by atoms with van der Waals surface area (Å²) in [5.74, 6) is 1.93. The van der Waals surface area contributed by atoms with Gasteiger partial charge in [0.25, 0.3) is 0 Å². The molecule has 0 N–H and O–H groups in total. The third kappa shape index (κ3) is 0.943. The largest absolute Gasteiger partial charge is 0.319 e. The maximum absolute atomic E-state index is 11.6. The van der Waals surface area contributed by atoms with Crippen molar-refractivity contribution in [2.75, 3.05) is 7.05 Å². The minimum atomic E-state index is 0.327. The molecule has 0 aromatic heterocycles. The van der Waals surface area contributed by atoms with Crippen LogP contribution in [0.3, 0.4) is 0 Å². The number of fused-ring (bicyclic) bond motifs is 3. The van der Waals surface area contributed by atoms with Gasteiger partial charge in [-0.1, -0.05) is 12.8 Å². The quantitative estimate of drug-likeness (QED) is 0.575. The standard InChI is InChI=1S/C12H17NO/c1-13-11(14)7-6-10-8-4-2-3-5-9(8)12(10)13/h8-9H,2-7H2,1H3. The predicted molar refractivity (Wildman–Crippen MR) is 54.5 cm³/mol. The number of hydrogen-bond acceptors (Lipinski definition) is 1. The summed E-state index contributed by atoms with van der Waals surface area (Å²) in [5, 5.41) is 0. The van der Waals surface area contributed by atoms with Crippen LogP contribution in [-0.2, 0) is 4.79 Å². The maximum atomic E-state index is 11.6. The van der Waals surface area contributed by atoms with E-state index in [2.05, 4.69) is 0 Å². The number of carbonyl (C=O) groups excluding carboxylic acids is 1. The van der Waals surface area contributed by atoms with Crippen molar-refractivity contribution in [3.63, 3.8) is 0 Å². The zero-order chi connectivity index (χ0) is 9.71. The van der Waals surface area contributed by atoms with Crippen LogP contribution in [-0.4, -0.2) is 17.9 Å². The molecule has 1 saturated carbocycles. The molecule has 2 heteroatoms. The van der Waals surface area contributed by atoms with Crippen LogP contribution in [0.4, 0.5) is 0 Å². The Morgan fingerprint density at radius 1 is 1.14 bits per heavy atom. The van der Waals surface area contributed by atoms with Crippen LogP contribution < -0.4 is 0 Å². The molecule has 0 radical (unpaired) electrons. The molecule has 0 spiro atoms. The first-order valence-corrected chi connectivity index (χ1v) is 5.78. The van der Waals surface area contributed by atoms with Crippen molar-refractivity contribution >= 4 is 5.91 Å². The van der Waals surface area contributed by atoms with E-state index in [0.717, 1.165) is 24.7 Å². The summed E-state index contributed by atoms with van der Waals surface area (Å²) >= 11 is 0. The molecule has 2 nitrogen and oxygen atoms in total. The molecule has 1 fully saturated rings. The maximum Gasteiger partial charge on any atom is 0.226 e. The van der Waals surface area contributed by atoms with Crippen LogP contribution in [0, 0.1) is 11.8 Å². The number of allylic oxidation sites excluding steroid dienone is 2. The van der Waals surface area contributed by atoms with Gasteiger partial charge in [0.15, 0.2) is 0 Å². The van der Waals surface area contributed by atoms with E-state index < -0.39 is 0 Å². The van der Waals surface area contributed by atoms with Crippen molar-refractivity contribution in [3.05, 3.63) is 11.3 Å². The molecule has 0 saturated heterocycles. The molecule has 3 aliphatic rings. The van der Waals surface area contributed by atoms with Gasteiger partial charge in [0.05, 0.1) is 0 Å². The summed E-state index contributed by atoms with van der Waals surface area (Å²) in [6.45, 7) is 0. The Morgan fingerprint density at radius 3 is 2.64 bits per heavy atom. The molecular formula is C12H17NO. The lowest BCUT2D eigenvalue weighted by Crippen LogP contribution is -2.46. The average molecular weight is 191 g/mol. The number of likely N-dealkylation sites (tertiary alicyclic amines) is 1. The lowest BCUT2D eigenvalue weighted by Gasteiger charge is -2.50. The lowest BCUT2D eigenvalue weighted by atomic mass is 9.61. The fraction of sp³-hybridized carbons (Fsp3) is 0.750. The van der Waals surface area contributed by atoms with Gasteiger partial charge in [-0.05, 0) is 30.8 Å². The number of hydrogen-bond donors (Lipinski definition) is 0. The van der Waals surface area contributed by atoms with Crippen molar-refractivity contribution in [1.29, 1.82) is 0 Å². The molecule has 0 bridgehead atoms. The highest BCUT2D eigenvalue weighted by Gasteiger charge is 2.45. The molecule has 3 rings (SSSR count). The van der Waals surface area contributed by atoms with Gasteiger partial charge in [0, 0.05) is 25.1 Å². The molecule has 1 amide bonds. The minimum Gasteiger partial charge on any atom is -0.319 e. The summed E-state index contributed by atoms with van der Waals surface area (Å²) in [6.07, 6.45) is 7.26. The van der Waals surface area contributed by atoms with Gasteiger partial charge >= 0.3 is 0 Å². The van der Waals surface area contributed by atoms with Crippen LogP contribution in [0.1, 0.15) is 38.5 Å². The Hall–Kier alpha value is -0.790. The van der Waals surface area contributed by atoms with E-state index in [9.17, 15) is 4.79 Å². The van der Waals surface area contributed by atoms with Crippen LogP contribution >= 0.6 is 0 Å². The number of nitrogens with zero attached hydrogens (tertiary/aromatic N) is 1. The highest BCUT2D eigenvalue weighted by atomic mass is 16.2. The smallest absolute Gasteiger partial charge is 0.226 e. The molecule has 0 aromatic carbocycles. The van der Waals surface area contributed by atoms with Crippen molar-refractivity contribution in [1.82, 2.24) is 4.90 Å². The van der Waals surface area contributed by atoms with Gasteiger partial charge in [-0.2, -0.15) is 0 Å². The van der Waals surface area contributed by atoms with Gasteiger partial charge < -0.3 is 4.90 Å². The molecule has 14 heavy (non-hydrogen) atoms. The Labute approximate surface area is 85.0 Å².